The second kappa shape index (κ2) is 8.06. The molecule has 2 aliphatic heterocycles. The maximum atomic E-state index is 13.3. The minimum Gasteiger partial charge on any atom is -0.466 e. The van der Waals surface area contributed by atoms with Crippen molar-refractivity contribution in [3.63, 3.8) is 0 Å². The van der Waals surface area contributed by atoms with Gasteiger partial charge in [0.05, 0.1) is 24.8 Å². The lowest BCUT2D eigenvalue weighted by molar-refractivity contribution is -0.149. The van der Waals surface area contributed by atoms with E-state index in [4.69, 9.17) is 4.74 Å². The third-order valence-corrected chi connectivity index (χ3v) is 7.20. The lowest BCUT2D eigenvalue weighted by atomic mass is 10.00. The fourth-order valence-corrected chi connectivity index (χ4v) is 5.81. The molecule has 0 N–H and O–H groups in total. The molecule has 2 fully saturated rings. The summed E-state index contributed by atoms with van der Waals surface area (Å²) in [5, 5.41) is 4.20. The molecule has 2 saturated heterocycles. The molecule has 26 heavy (non-hydrogen) atoms. The highest BCUT2D eigenvalue weighted by Gasteiger charge is 2.40. The average molecular weight is 385 g/mol. The highest BCUT2D eigenvalue weighted by molar-refractivity contribution is 7.86. The monoisotopic (exact) mass is 384 g/mol. The first-order valence-electron chi connectivity index (χ1n) is 9.35. The molecule has 3 rings (SSSR count). The maximum Gasteiger partial charge on any atom is 0.310 e. The Kier molecular flexibility index (Phi) is 5.99. The van der Waals surface area contributed by atoms with Crippen LogP contribution in [-0.4, -0.2) is 59.0 Å². The topological polar surface area (TPSA) is 84.7 Å². The van der Waals surface area contributed by atoms with E-state index in [9.17, 15) is 13.2 Å². The zero-order valence-corrected chi connectivity index (χ0v) is 16.3. The molecular formula is C17H28N4O4S. The third kappa shape index (κ3) is 3.94. The number of aromatic nitrogens is 2. The van der Waals surface area contributed by atoms with E-state index in [-0.39, 0.29) is 24.5 Å². The van der Waals surface area contributed by atoms with E-state index < -0.39 is 10.2 Å². The fourth-order valence-electron chi connectivity index (χ4n) is 3.88. The molecule has 2 unspecified atom stereocenters. The molecule has 3 heterocycles. The van der Waals surface area contributed by atoms with Gasteiger partial charge in [0.2, 0.25) is 0 Å². The van der Waals surface area contributed by atoms with E-state index in [1.54, 1.807) is 22.1 Å². The number of rotatable bonds is 5. The molecule has 8 nitrogen and oxygen atoms in total. The van der Waals surface area contributed by atoms with Crippen molar-refractivity contribution in [3.8, 4) is 0 Å². The van der Waals surface area contributed by atoms with Crippen molar-refractivity contribution in [3.05, 3.63) is 18.0 Å². The highest BCUT2D eigenvalue weighted by Crippen LogP contribution is 2.35. The van der Waals surface area contributed by atoms with Gasteiger partial charge >= 0.3 is 5.97 Å². The van der Waals surface area contributed by atoms with Crippen molar-refractivity contribution in [1.82, 2.24) is 18.4 Å². The van der Waals surface area contributed by atoms with Crippen molar-refractivity contribution in [2.45, 2.75) is 45.1 Å². The Morgan fingerprint density at radius 2 is 2.08 bits per heavy atom. The molecule has 146 valence electrons. The SMILES string of the molecule is CCOC(=O)C1CCCN(S(=O)(=O)N2CCCCC2c2cnn(C)c2)C1. The molecule has 0 saturated carbocycles. The smallest absolute Gasteiger partial charge is 0.310 e. The average Bonchev–Trinajstić information content (AvgIpc) is 3.08. The Morgan fingerprint density at radius 3 is 2.77 bits per heavy atom. The first kappa shape index (κ1) is 19.3. The van der Waals surface area contributed by atoms with Crippen LogP contribution in [0.1, 0.15) is 50.6 Å². The summed E-state index contributed by atoms with van der Waals surface area (Å²) in [7, 11) is -1.80. The van der Waals surface area contributed by atoms with Gasteiger partial charge in [0.1, 0.15) is 0 Å². The number of esters is 1. The predicted octanol–water partition coefficient (Wildman–Crippen LogP) is 1.47. The second-order valence-electron chi connectivity index (χ2n) is 7.03. The molecule has 0 spiro atoms. The number of aryl methyl sites for hydroxylation is 1. The first-order valence-corrected chi connectivity index (χ1v) is 10.7. The van der Waals surface area contributed by atoms with Gasteiger partial charge in [-0.25, -0.2) is 0 Å². The van der Waals surface area contributed by atoms with Gasteiger partial charge in [0.15, 0.2) is 0 Å². The van der Waals surface area contributed by atoms with Gasteiger partial charge in [-0.05, 0) is 32.6 Å². The maximum absolute atomic E-state index is 13.3. The molecule has 0 radical (unpaired) electrons. The van der Waals surface area contributed by atoms with Crippen LogP contribution in [0.4, 0.5) is 0 Å². The minimum absolute atomic E-state index is 0.189. The van der Waals surface area contributed by atoms with Crippen LogP contribution < -0.4 is 0 Å². The summed E-state index contributed by atoms with van der Waals surface area (Å²) in [6.07, 6.45) is 7.62. The van der Waals surface area contributed by atoms with Crippen molar-refractivity contribution in [2.75, 3.05) is 26.2 Å². The third-order valence-electron chi connectivity index (χ3n) is 5.19. The van der Waals surface area contributed by atoms with E-state index >= 15 is 0 Å². The lowest BCUT2D eigenvalue weighted by Gasteiger charge is -2.39. The van der Waals surface area contributed by atoms with Crippen LogP contribution in [0.3, 0.4) is 0 Å². The zero-order chi connectivity index (χ0) is 18.7. The molecule has 0 aromatic carbocycles. The summed E-state index contributed by atoms with van der Waals surface area (Å²) < 4.78 is 36.5. The van der Waals surface area contributed by atoms with Crippen molar-refractivity contribution in [1.29, 1.82) is 0 Å². The Hall–Kier alpha value is -1.45. The van der Waals surface area contributed by atoms with Gasteiger partial charge in [0, 0.05) is 38.4 Å². The van der Waals surface area contributed by atoms with Crippen LogP contribution >= 0.6 is 0 Å². The van der Waals surface area contributed by atoms with Crippen LogP contribution in [0.2, 0.25) is 0 Å². The Morgan fingerprint density at radius 1 is 1.27 bits per heavy atom. The minimum atomic E-state index is -3.63. The summed E-state index contributed by atoms with van der Waals surface area (Å²) in [5.41, 5.74) is 0.926. The van der Waals surface area contributed by atoms with Crippen LogP contribution in [0.15, 0.2) is 12.4 Å². The molecule has 2 atom stereocenters. The van der Waals surface area contributed by atoms with E-state index in [0.717, 1.165) is 24.8 Å². The second-order valence-corrected chi connectivity index (χ2v) is 8.91. The zero-order valence-electron chi connectivity index (χ0n) is 15.5. The quantitative estimate of drug-likeness (QED) is 0.718. The molecule has 9 heteroatoms. The van der Waals surface area contributed by atoms with Gasteiger partial charge in [-0.1, -0.05) is 6.42 Å². The Labute approximate surface area is 155 Å². The van der Waals surface area contributed by atoms with Crippen molar-refractivity contribution < 1.29 is 17.9 Å². The van der Waals surface area contributed by atoms with Crippen LogP contribution in [0.5, 0.6) is 0 Å². The van der Waals surface area contributed by atoms with Gasteiger partial charge < -0.3 is 4.74 Å². The number of nitrogens with zero attached hydrogens (tertiary/aromatic N) is 4. The molecule has 0 amide bonds. The van der Waals surface area contributed by atoms with E-state index in [1.807, 2.05) is 13.2 Å². The lowest BCUT2D eigenvalue weighted by Crippen LogP contribution is -2.51. The van der Waals surface area contributed by atoms with Crippen LogP contribution in [0.25, 0.3) is 0 Å². The summed E-state index contributed by atoms with van der Waals surface area (Å²) >= 11 is 0. The largest absolute Gasteiger partial charge is 0.466 e. The van der Waals surface area contributed by atoms with Gasteiger partial charge in [0.25, 0.3) is 10.2 Å². The van der Waals surface area contributed by atoms with E-state index in [2.05, 4.69) is 5.10 Å². The number of hydrogen-bond donors (Lipinski definition) is 0. The standard InChI is InChI=1S/C17H28N4O4S/c1-3-25-17(22)14-7-6-9-20(13-14)26(23,24)21-10-5-4-8-16(21)15-11-18-19(2)12-15/h11-12,14,16H,3-10,13H2,1-2H3. The first-order chi connectivity index (χ1) is 12.4. The molecule has 0 aliphatic carbocycles. The molecule has 0 bridgehead atoms. The van der Waals surface area contributed by atoms with Crippen LogP contribution in [-0.2, 0) is 26.8 Å². The Bertz CT molecular complexity index is 733. The van der Waals surface area contributed by atoms with Gasteiger partial charge in [-0.3, -0.25) is 9.48 Å². The summed E-state index contributed by atoms with van der Waals surface area (Å²) in [4.78, 5) is 12.1. The number of carbonyl (C=O) groups excluding carboxylic acids is 1. The van der Waals surface area contributed by atoms with Crippen molar-refractivity contribution >= 4 is 16.2 Å². The number of carbonyl (C=O) groups is 1. The number of piperidine rings is 2. The number of ether oxygens (including phenoxy) is 1. The summed E-state index contributed by atoms with van der Waals surface area (Å²) in [5.74, 6) is -0.671. The summed E-state index contributed by atoms with van der Waals surface area (Å²) in [6, 6.07) is -0.189. The van der Waals surface area contributed by atoms with Gasteiger partial charge in [-0.2, -0.15) is 22.1 Å². The molecule has 1 aromatic rings. The van der Waals surface area contributed by atoms with Gasteiger partial charge in [-0.15, -0.1) is 0 Å². The van der Waals surface area contributed by atoms with E-state index in [1.165, 1.54) is 4.31 Å². The number of hydrogen-bond acceptors (Lipinski definition) is 5. The highest BCUT2D eigenvalue weighted by atomic mass is 32.2. The fraction of sp³-hybridized carbons (Fsp3) is 0.765. The summed E-state index contributed by atoms with van der Waals surface area (Å²) in [6.45, 7) is 3.24. The molecular weight excluding hydrogens is 356 g/mol. The normalized spacial score (nSPS) is 25.9. The molecule has 2 aliphatic rings. The predicted molar refractivity (Wildman–Crippen MR) is 96.4 cm³/mol. The molecule has 1 aromatic heterocycles. The Balaban J connectivity index is 1.79. The van der Waals surface area contributed by atoms with Crippen LogP contribution in [0, 0.1) is 5.92 Å². The van der Waals surface area contributed by atoms with E-state index in [0.29, 0.717) is 32.5 Å². The van der Waals surface area contributed by atoms with Crippen molar-refractivity contribution in [2.24, 2.45) is 13.0 Å².